The van der Waals surface area contributed by atoms with Gasteiger partial charge >= 0.3 is 0 Å². The monoisotopic (exact) mass is 386 g/mol. The van der Waals surface area contributed by atoms with Crippen molar-refractivity contribution in [3.63, 3.8) is 0 Å². The normalized spacial score (nSPS) is 10.5. The van der Waals surface area contributed by atoms with Gasteiger partial charge < -0.3 is 15.2 Å². The van der Waals surface area contributed by atoms with Gasteiger partial charge in [0.25, 0.3) is 5.91 Å². The van der Waals surface area contributed by atoms with E-state index in [1.807, 2.05) is 25.1 Å². The third kappa shape index (κ3) is 3.80. The number of amides is 1. The van der Waals surface area contributed by atoms with Crippen LogP contribution in [0.3, 0.4) is 0 Å². The second kappa shape index (κ2) is 6.84. The molecule has 0 saturated carbocycles. The maximum Gasteiger partial charge on any atom is 0.257 e. The predicted octanol–water partition coefficient (Wildman–Crippen LogP) is 4.44. The Bertz CT molecular complexity index is 892. The summed E-state index contributed by atoms with van der Waals surface area (Å²) in [6, 6.07) is 9.15. The Morgan fingerprint density at radius 2 is 2.00 bits per heavy atom. The average Bonchev–Trinajstić information content (AvgIpc) is 2.95. The Balaban J connectivity index is 1.76. The van der Waals surface area contributed by atoms with Crippen molar-refractivity contribution < 1.29 is 9.32 Å². The summed E-state index contributed by atoms with van der Waals surface area (Å²) >= 11 is 3.41. The Labute approximate surface area is 147 Å². The highest BCUT2D eigenvalue weighted by Gasteiger charge is 2.10. The molecule has 0 saturated heterocycles. The fourth-order valence-corrected chi connectivity index (χ4v) is 2.64. The van der Waals surface area contributed by atoms with Gasteiger partial charge in [0, 0.05) is 22.4 Å². The molecule has 0 aliphatic carbocycles. The molecule has 0 fully saturated rings. The molecule has 0 spiro atoms. The summed E-state index contributed by atoms with van der Waals surface area (Å²) < 4.78 is 5.97. The topological polar surface area (TPSA) is 80.0 Å². The van der Waals surface area contributed by atoms with Crippen LogP contribution in [0.2, 0.25) is 0 Å². The molecular weight excluding hydrogens is 372 g/mol. The highest BCUT2D eigenvalue weighted by Crippen LogP contribution is 2.21. The smallest absolute Gasteiger partial charge is 0.257 e. The highest BCUT2D eigenvalue weighted by molar-refractivity contribution is 9.10. The molecule has 2 N–H and O–H groups in total. The van der Waals surface area contributed by atoms with Crippen molar-refractivity contribution in [3.8, 4) is 0 Å². The first-order valence-electron chi connectivity index (χ1n) is 7.24. The van der Waals surface area contributed by atoms with E-state index in [2.05, 4.69) is 36.7 Å². The number of benzene rings is 1. The molecule has 24 heavy (non-hydrogen) atoms. The van der Waals surface area contributed by atoms with Gasteiger partial charge in [0.15, 0.2) is 5.82 Å². The molecule has 1 amide bonds. The summed E-state index contributed by atoms with van der Waals surface area (Å²) in [7, 11) is 0. The Morgan fingerprint density at radius 1 is 1.17 bits per heavy atom. The summed E-state index contributed by atoms with van der Waals surface area (Å²) in [6.45, 7) is 3.74. The SMILES string of the molecule is Cc1cc(Nc2cncc(C(=O)Nc3ccc(Br)cc3C)c2)no1. The van der Waals surface area contributed by atoms with E-state index < -0.39 is 0 Å². The number of carbonyl (C=O) groups excluding carboxylic acids is 1. The van der Waals surface area contributed by atoms with Crippen LogP contribution in [0.15, 0.2) is 51.7 Å². The molecule has 3 rings (SSSR count). The zero-order chi connectivity index (χ0) is 17.1. The van der Waals surface area contributed by atoms with Crippen molar-refractivity contribution in [1.29, 1.82) is 0 Å². The molecule has 7 heteroatoms. The lowest BCUT2D eigenvalue weighted by Crippen LogP contribution is -2.13. The van der Waals surface area contributed by atoms with Gasteiger partial charge in [-0.15, -0.1) is 0 Å². The Morgan fingerprint density at radius 3 is 2.71 bits per heavy atom. The van der Waals surface area contributed by atoms with Crippen molar-refractivity contribution >= 4 is 39.0 Å². The molecule has 122 valence electrons. The van der Waals surface area contributed by atoms with Crippen LogP contribution in [-0.2, 0) is 0 Å². The van der Waals surface area contributed by atoms with Gasteiger partial charge in [0.2, 0.25) is 0 Å². The van der Waals surface area contributed by atoms with E-state index in [9.17, 15) is 4.79 Å². The largest absolute Gasteiger partial charge is 0.360 e. The summed E-state index contributed by atoms with van der Waals surface area (Å²) in [6.07, 6.45) is 3.13. The quantitative estimate of drug-likeness (QED) is 0.692. The number of aryl methyl sites for hydroxylation is 2. The number of carbonyl (C=O) groups is 1. The number of halogens is 1. The van der Waals surface area contributed by atoms with E-state index in [0.717, 1.165) is 15.7 Å². The summed E-state index contributed by atoms with van der Waals surface area (Å²) in [5.74, 6) is 1.04. The van der Waals surface area contributed by atoms with E-state index in [-0.39, 0.29) is 5.91 Å². The molecule has 0 unspecified atom stereocenters. The number of anilines is 3. The molecule has 0 atom stereocenters. The van der Waals surface area contributed by atoms with Crippen molar-refractivity contribution in [2.24, 2.45) is 0 Å². The predicted molar refractivity (Wildman–Crippen MR) is 95.6 cm³/mol. The van der Waals surface area contributed by atoms with Crippen LogP contribution in [0.4, 0.5) is 17.2 Å². The van der Waals surface area contributed by atoms with E-state index in [1.165, 1.54) is 6.20 Å². The molecule has 2 aromatic heterocycles. The van der Waals surface area contributed by atoms with Crippen LogP contribution in [0.25, 0.3) is 0 Å². The lowest BCUT2D eigenvalue weighted by molar-refractivity contribution is 0.102. The van der Waals surface area contributed by atoms with Gasteiger partial charge in [-0.25, -0.2) is 0 Å². The molecule has 0 radical (unpaired) electrons. The van der Waals surface area contributed by atoms with Crippen LogP contribution in [0.5, 0.6) is 0 Å². The second-order valence-corrected chi connectivity index (χ2v) is 6.24. The van der Waals surface area contributed by atoms with Gasteiger partial charge in [-0.05, 0) is 43.7 Å². The summed E-state index contributed by atoms with van der Waals surface area (Å²) in [4.78, 5) is 16.5. The van der Waals surface area contributed by atoms with E-state index in [1.54, 1.807) is 25.3 Å². The van der Waals surface area contributed by atoms with Gasteiger partial charge in [0.05, 0.1) is 17.4 Å². The van der Waals surface area contributed by atoms with Crippen molar-refractivity contribution in [2.45, 2.75) is 13.8 Å². The molecule has 3 aromatic rings. The van der Waals surface area contributed by atoms with Crippen LogP contribution >= 0.6 is 15.9 Å². The van der Waals surface area contributed by atoms with Crippen LogP contribution < -0.4 is 10.6 Å². The lowest BCUT2D eigenvalue weighted by Gasteiger charge is -2.09. The van der Waals surface area contributed by atoms with Crippen molar-refractivity contribution in [3.05, 3.63) is 64.1 Å². The summed E-state index contributed by atoms with van der Waals surface area (Å²) in [5.41, 5.74) is 2.83. The maximum absolute atomic E-state index is 12.4. The number of aromatic nitrogens is 2. The Kier molecular flexibility index (Phi) is 4.61. The number of hydrogen-bond acceptors (Lipinski definition) is 5. The second-order valence-electron chi connectivity index (χ2n) is 5.32. The van der Waals surface area contributed by atoms with Gasteiger partial charge in [-0.1, -0.05) is 21.1 Å². The molecule has 0 aliphatic heterocycles. The number of pyridine rings is 1. The van der Waals surface area contributed by atoms with Crippen LogP contribution in [0.1, 0.15) is 21.7 Å². The molecule has 2 heterocycles. The zero-order valence-corrected chi connectivity index (χ0v) is 14.7. The van der Waals surface area contributed by atoms with E-state index in [0.29, 0.717) is 22.8 Å². The third-order valence-corrected chi connectivity index (χ3v) is 3.83. The average molecular weight is 387 g/mol. The first kappa shape index (κ1) is 16.2. The molecule has 6 nitrogen and oxygen atoms in total. The molecule has 1 aromatic carbocycles. The first-order valence-corrected chi connectivity index (χ1v) is 8.03. The van der Waals surface area contributed by atoms with Gasteiger partial charge in [-0.3, -0.25) is 9.78 Å². The molecule has 0 bridgehead atoms. The maximum atomic E-state index is 12.4. The fourth-order valence-electron chi connectivity index (χ4n) is 2.17. The van der Waals surface area contributed by atoms with Gasteiger partial charge in [-0.2, -0.15) is 0 Å². The minimum atomic E-state index is -0.229. The standard InChI is InChI=1S/C17H15BrN4O2/c1-10-5-13(18)3-4-15(10)21-17(23)12-7-14(9-19-8-12)20-16-6-11(2)24-22-16/h3-9H,1-2H3,(H,20,22)(H,21,23). The van der Waals surface area contributed by atoms with Crippen molar-refractivity contribution in [2.75, 3.05) is 10.6 Å². The van der Waals surface area contributed by atoms with Crippen LogP contribution in [0, 0.1) is 13.8 Å². The zero-order valence-electron chi connectivity index (χ0n) is 13.1. The highest BCUT2D eigenvalue weighted by atomic mass is 79.9. The number of hydrogen-bond donors (Lipinski definition) is 2. The third-order valence-electron chi connectivity index (χ3n) is 3.34. The minimum absolute atomic E-state index is 0.229. The van der Waals surface area contributed by atoms with Gasteiger partial charge in [0.1, 0.15) is 5.76 Å². The first-order chi connectivity index (χ1) is 11.5. The molecule has 0 aliphatic rings. The van der Waals surface area contributed by atoms with E-state index in [4.69, 9.17) is 4.52 Å². The number of nitrogens with one attached hydrogen (secondary N) is 2. The molecular formula is C17H15BrN4O2. The fraction of sp³-hybridized carbons (Fsp3) is 0.118. The lowest BCUT2D eigenvalue weighted by atomic mass is 10.2. The summed E-state index contributed by atoms with van der Waals surface area (Å²) in [5, 5.41) is 9.79. The Hall–Kier alpha value is -2.67. The van der Waals surface area contributed by atoms with Crippen molar-refractivity contribution in [1.82, 2.24) is 10.1 Å². The van der Waals surface area contributed by atoms with Crippen LogP contribution in [-0.4, -0.2) is 16.0 Å². The number of nitrogens with zero attached hydrogens (tertiary/aromatic N) is 2. The number of rotatable bonds is 4. The minimum Gasteiger partial charge on any atom is -0.360 e. The van der Waals surface area contributed by atoms with E-state index >= 15 is 0 Å².